The van der Waals surface area contributed by atoms with Crippen molar-refractivity contribution in [1.29, 1.82) is 0 Å². The fourth-order valence-electron chi connectivity index (χ4n) is 2.34. The van der Waals surface area contributed by atoms with Crippen molar-refractivity contribution >= 4 is 17.7 Å². The lowest BCUT2D eigenvalue weighted by atomic mass is 10.2. The van der Waals surface area contributed by atoms with Crippen LogP contribution < -0.4 is 0 Å². The van der Waals surface area contributed by atoms with Crippen molar-refractivity contribution in [3.8, 4) is 0 Å². The van der Waals surface area contributed by atoms with Gasteiger partial charge in [0.05, 0.1) is 17.8 Å². The van der Waals surface area contributed by atoms with Gasteiger partial charge in [-0.1, -0.05) is 18.2 Å². The van der Waals surface area contributed by atoms with Gasteiger partial charge in [0.2, 0.25) is 0 Å². The van der Waals surface area contributed by atoms with Crippen LogP contribution in [0, 0.1) is 0 Å². The number of hydrogen-bond donors (Lipinski definition) is 0. The van der Waals surface area contributed by atoms with E-state index >= 15 is 0 Å². The fraction of sp³-hybridized carbons (Fsp3) is 0.200. The zero-order valence-corrected chi connectivity index (χ0v) is 11.5. The number of nitrogens with zero attached hydrogens (tertiary/aromatic N) is 2. The van der Waals surface area contributed by atoms with Crippen molar-refractivity contribution in [2.45, 2.75) is 18.0 Å². The quantitative estimate of drug-likeness (QED) is 0.787. The molecule has 1 aliphatic rings. The molecule has 1 aliphatic heterocycles. The maximum absolute atomic E-state index is 12.6. The van der Waals surface area contributed by atoms with Crippen molar-refractivity contribution in [3.05, 3.63) is 59.4 Å². The molecule has 3 nitrogen and oxygen atoms in total. The summed E-state index contributed by atoms with van der Waals surface area (Å²) in [5.41, 5.74) is 2.94. The summed E-state index contributed by atoms with van der Waals surface area (Å²) in [5.74, 6) is 0.0861. The Labute approximate surface area is 116 Å². The lowest BCUT2D eigenvalue weighted by Crippen LogP contribution is -2.25. The normalized spacial score (nSPS) is 13.4. The van der Waals surface area contributed by atoms with E-state index in [2.05, 4.69) is 4.98 Å². The molecule has 2 aromatic rings. The van der Waals surface area contributed by atoms with E-state index in [1.165, 1.54) is 0 Å². The Hall–Kier alpha value is -1.81. The van der Waals surface area contributed by atoms with Crippen LogP contribution in [0.1, 0.15) is 21.6 Å². The van der Waals surface area contributed by atoms with E-state index in [4.69, 9.17) is 0 Å². The van der Waals surface area contributed by atoms with Crippen LogP contribution >= 0.6 is 11.8 Å². The number of pyridine rings is 1. The van der Waals surface area contributed by atoms with Crippen LogP contribution in [0.2, 0.25) is 0 Å². The number of amides is 1. The molecule has 4 heteroatoms. The first-order chi connectivity index (χ1) is 9.29. The Bertz CT molecular complexity index is 602. The Kier molecular flexibility index (Phi) is 3.25. The average molecular weight is 270 g/mol. The number of rotatable bonds is 2. The highest BCUT2D eigenvalue weighted by molar-refractivity contribution is 7.98. The van der Waals surface area contributed by atoms with E-state index in [-0.39, 0.29) is 5.91 Å². The van der Waals surface area contributed by atoms with Crippen LogP contribution in [0.5, 0.6) is 0 Å². The van der Waals surface area contributed by atoms with Gasteiger partial charge in [-0.2, -0.15) is 0 Å². The molecule has 0 fully saturated rings. The number of benzene rings is 1. The summed E-state index contributed by atoms with van der Waals surface area (Å²) in [4.78, 5) is 19.8. The van der Waals surface area contributed by atoms with Crippen LogP contribution in [0.3, 0.4) is 0 Å². The summed E-state index contributed by atoms with van der Waals surface area (Å²) in [5, 5.41) is 0. The van der Waals surface area contributed by atoms with Crippen molar-refractivity contribution in [3.63, 3.8) is 0 Å². The molecule has 0 unspecified atom stereocenters. The molecule has 0 spiro atoms. The molecular weight excluding hydrogens is 256 g/mol. The molecule has 0 saturated heterocycles. The van der Waals surface area contributed by atoms with Crippen molar-refractivity contribution in [2.75, 3.05) is 6.26 Å². The highest BCUT2D eigenvalue weighted by Gasteiger charge is 2.25. The van der Waals surface area contributed by atoms with Gasteiger partial charge in [-0.25, -0.2) is 0 Å². The number of fused-ring (bicyclic) bond motifs is 1. The molecule has 19 heavy (non-hydrogen) atoms. The molecule has 0 radical (unpaired) electrons. The Morgan fingerprint density at radius 1 is 1.21 bits per heavy atom. The molecule has 0 N–H and O–H groups in total. The average Bonchev–Trinajstić information content (AvgIpc) is 2.90. The molecule has 2 heterocycles. The van der Waals surface area contributed by atoms with Crippen molar-refractivity contribution in [1.82, 2.24) is 9.88 Å². The van der Waals surface area contributed by atoms with Crippen LogP contribution in [-0.2, 0) is 13.1 Å². The summed E-state index contributed by atoms with van der Waals surface area (Å²) in [6, 6.07) is 11.7. The molecule has 0 aliphatic carbocycles. The Morgan fingerprint density at radius 2 is 2.05 bits per heavy atom. The van der Waals surface area contributed by atoms with Gasteiger partial charge in [-0.15, -0.1) is 11.8 Å². The largest absolute Gasteiger partial charge is 0.328 e. The van der Waals surface area contributed by atoms with E-state index in [1.807, 2.05) is 47.6 Å². The van der Waals surface area contributed by atoms with Gasteiger partial charge in [-0.3, -0.25) is 9.78 Å². The fourth-order valence-corrected chi connectivity index (χ4v) is 2.93. The summed E-state index contributed by atoms with van der Waals surface area (Å²) in [7, 11) is 0. The predicted molar refractivity (Wildman–Crippen MR) is 76.0 cm³/mol. The zero-order valence-electron chi connectivity index (χ0n) is 10.7. The van der Waals surface area contributed by atoms with E-state index in [0.29, 0.717) is 13.1 Å². The van der Waals surface area contributed by atoms with Crippen molar-refractivity contribution in [2.24, 2.45) is 0 Å². The lowest BCUT2D eigenvalue weighted by molar-refractivity contribution is 0.0747. The second kappa shape index (κ2) is 5.05. The van der Waals surface area contributed by atoms with E-state index in [0.717, 1.165) is 21.7 Å². The van der Waals surface area contributed by atoms with E-state index in [1.54, 1.807) is 18.0 Å². The first kappa shape index (κ1) is 12.2. The Morgan fingerprint density at radius 3 is 2.84 bits per heavy atom. The highest BCUT2D eigenvalue weighted by atomic mass is 32.2. The van der Waals surface area contributed by atoms with Gasteiger partial charge in [0, 0.05) is 17.6 Å². The summed E-state index contributed by atoms with van der Waals surface area (Å²) < 4.78 is 0. The smallest absolute Gasteiger partial charge is 0.255 e. The summed E-state index contributed by atoms with van der Waals surface area (Å²) in [6.45, 7) is 1.27. The number of thioether (sulfide) groups is 1. The number of carbonyl (C=O) groups is 1. The van der Waals surface area contributed by atoms with Crippen LogP contribution in [0.4, 0.5) is 0 Å². The lowest BCUT2D eigenvalue weighted by Gasteiger charge is -2.16. The molecule has 96 valence electrons. The molecule has 1 aromatic heterocycles. The third-order valence-corrected chi connectivity index (χ3v) is 4.11. The highest BCUT2D eigenvalue weighted by Crippen LogP contribution is 2.26. The molecule has 0 bridgehead atoms. The minimum absolute atomic E-state index is 0.0861. The summed E-state index contributed by atoms with van der Waals surface area (Å²) in [6.07, 6.45) is 3.77. The molecule has 1 aromatic carbocycles. The first-order valence-corrected chi connectivity index (χ1v) is 7.37. The number of aromatic nitrogens is 1. The maximum Gasteiger partial charge on any atom is 0.255 e. The van der Waals surface area contributed by atoms with Crippen LogP contribution in [0.25, 0.3) is 0 Å². The third kappa shape index (κ3) is 2.24. The zero-order chi connectivity index (χ0) is 13.2. The van der Waals surface area contributed by atoms with Gasteiger partial charge < -0.3 is 4.90 Å². The topological polar surface area (TPSA) is 33.2 Å². The van der Waals surface area contributed by atoms with Crippen LogP contribution in [0.15, 0.2) is 47.5 Å². The van der Waals surface area contributed by atoms with Gasteiger partial charge in [0.1, 0.15) is 0 Å². The van der Waals surface area contributed by atoms with Gasteiger partial charge in [-0.05, 0) is 30.0 Å². The second-order valence-corrected chi connectivity index (χ2v) is 5.32. The Balaban J connectivity index is 1.87. The predicted octanol–water partition coefficient (Wildman–Crippen LogP) is 2.96. The van der Waals surface area contributed by atoms with Crippen LogP contribution in [-0.4, -0.2) is 22.0 Å². The minimum Gasteiger partial charge on any atom is -0.328 e. The van der Waals surface area contributed by atoms with Gasteiger partial charge in [0.15, 0.2) is 0 Å². The molecule has 0 saturated carbocycles. The molecule has 0 atom stereocenters. The molecule has 1 amide bonds. The SMILES string of the molecule is CSc1ccccc1C(=O)N1Cc2cccnc2C1. The standard InChI is InChI=1S/C15H14N2OS/c1-19-14-7-3-2-6-12(14)15(18)17-9-11-5-4-8-16-13(11)10-17/h2-8H,9-10H2,1H3. The van der Waals surface area contributed by atoms with Gasteiger partial charge >= 0.3 is 0 Å². The monoisotopic (exact) mass is 270 g/mol. The van der Waals surface area contributed by atoms with Gasteiger partial charge in [0.25, 0.3) is 5.91 Å². The van der Waals surface area contributed by atoms with E-state index in [9.17, 15) is 4.79 Å². The maximum atomic E-state index is 12.6. The summed E-state index contributed by atoms with van der Waals surface area (Å²) >= 11 is 1.60. The van der Waals surface area contributed by atoms with E-state index < -0.39 is 0 Å². The molecule has 3 rings (SSSR count). The number of carbonyl (C=O) groups excluding carboxylic acids is 1. The van der Waals surface area contributed by atoms with Crippen molar-refractivity contribution < 1.29 is 4.79 Å². The minimum atomic E-state index is 0.0861. The number of hydrogen-bond acceptors (Lipinski definition) is 3. The molecular formula is C15H14N2OS. The second-order valence-electron chi connectivity index (χ2n) is 4.47. The first-order valence-electron chi connectivity index (χ1n) is 6.14. The third-order valence-electron chi connectivity index (χ3n) is 3.31.